The monoisotopic (exact) mass is 671 g/mol. The van der Waals surface area contributed by atoms with E-state index in [0.29, 0.717) is 0 Å². The minimum Gasteiger partial charge on any atom is -0.308 e. The largest absolute Gasteiger partial charge is 0.308 e. The second-order valence-electron chi connectivity index (χ2n) is 13.9. The van der Waals surface area contributed by atoms with Crippen molar-refractivity contribution in [2.45, 2.75) is 19.3 Å². The molecule has 242 valence electrons. The first-order valence-electron chi connectivity index (χ1n) is 17.4. The van der Waals surface area contributed by atoms with Crippen molar-refractivity contribution < 1.29 is 0 Å². The van der Waals surface area contributed by atoms with Gasteiger partial charge in [0.25, 0.3) is 0 Å². The van der Waals surface area contributed by atoms with Crippen molar-refractivity contribution in [1.82, 2.24) is 14.5 Å². The molecule has 4 heteroatoms. The predicted molar refractivity (Wildman–Crippen MR) is 214 cm³/mol. The van der Waals surface area contributed by atoms with Gasteiger partial charge in [-0.2, -0.15) is 0 Å². The molecule has 0 radical (unpaired) electrons. The molecule has 1 aliphatic rings. The fraction of sp³-hybridized carbons (Fsp3) is 0.0638. The van der Waals surface area contributed by atoms with Crippen LogP contribution < -0.4 is 0 Å². The summed E-state index contributed by atoms with van der Waals surface area (Å²) in [5.74, 6) is 0.720. The van der Waals surface area contributed by atoms with E-state index >= 15 is 0 Å². The van der Waals surface area contributed by atoms with Gasteiger partial charge in [-0.3, -0.25) is 0 Å². The molecule has 10 rings (SSSR count). The number of rotatable bonds is 5. The Bertz CT molecular complexity index is 2700. The number of hydrogen-bond acceptors (Lipinski definition) is 3. The number of fused-ring (bicyclic) bond motifs is 5. The Labute approximate surface area is 301 Å². The van der Waals surface area contributed by atoms with Gasteiger partial charge in [-0.25, -0.2) is 9.97 Å². The molecule has 0 saturated heterocycles. The molecular weight excluding hydrogens is 639 g/mol. The van der Waals surface area contributed by atoms with Gasteiger partial charge in [-0.1, -0.05) is 129 Å². The van der Waals surface area contributed by atoms with Gasteiger partial charge in [-0.05, 0) is 75.7 Å². The summed E-state index contributed by atoms with van der Waals surface area (Å²) in [7, 11) is 0. The third-order valence-corrected chi connectivity index (χ3v) is 11.6. The van der Waals surface area contributed by atoms with Crippen LogP contribution in [0.15, 0.2) is 163 Å². The van der Waals surface area contributed by atoms with Crippen molar-refractivity contribution in [3.63, 3.8) is 0 Å². The van der Waals surface area contributed by atoms with E-state index in [4.69, 9.17) is 9.97 Å². The molecule has 51 heavy (non-hydrogen) atoms. The molecule has 0 saturated carbocycles. The van der Waals surface area contributed by atoms with Crippen LogP contribution in [0.4, 0.5) is 0 Å². The minimum atomic E-state index is -0.108. The zero-order valence-corrected chi connectivity index (χ0v) is 29.2. The number of nitrogens with zero attached hydrogens (tertiary/aromatic N) is 3. The van der Waals surface area contributed by atoms with Gasteiger partial charge in [0.1, 0.15) is 0 Å². The normalized spacial score (nSPS) is 13.1. The lowest BCUT2D eigenvalue weighted by Crippen LogP contribution is -2.24. The van der Waals surface area contributed by atoms with Crippen LogP contribution in [-0.4, -0.2) is 14.5 Å². The maximum Gasteiger partial charge on any atom is 0.160 e. The summed E-state index contributed by atoms with van der Waals surface area (Å²) < 4.78 is 2.50. The summed E-state index contributed by atoms with van der Waals surface area (Å²) in [5, 5.41) is 4.80. The third-order valence-electron chi connectivity index (χ3n) is 10.4. The summed E-state index contributed by atoms with van der Waals surface area (Å²) in [4.78, 5) is 11.5. The Hall–Kier alpha value is -6.10. The van der Waals surface area contributed by atoms with Gasteiger partial charge in [0, 0.05) is 37.8 Å². The number of hydrogen-bond donors (Lipinski definition) is 0. The Morgan fingerprint density at radius 1 is 0.490 bits per heavy atom. The molecule has 0 spiro atoms. The van der Waals surface area contributed by atoms with E-state index < -0.39 is 0 Å². The molecule has 3 aromatic heterocycles. The smallest absolute Gasteiger partial charge is 0.160 e. The Morgan fingerprint density at radius 2 is 1.10 bits per heavy atom. The summed E-state index contributed by atoms with van der Waals surface area (Å²) >= 11 is 1.86. The lowest BCUT2D eigenvalue weighted by atomic mass is 9.78. The molecule has 0 atom stereocenters. The standard InChI is InChI=1S/C47H33N3S/c1-47(2)39-28-36(30-13-6-3-7-14-30)27-38-37-26-34(21-22-42(37)50(44(38)39)43-23-24-51-45(43)47)33-19-12-20-35(25-33)41-29-40(31-15-8-4-9-16-31)48-46(49-41)32-17-10-5-11-18-32/h3-29H,1-2H3. The molecular formula is C47H33N3S. The van der Waals surface area contributed by atoms with Crippen molar-refractivity contribution in [2.24, 2.45) is 0 Å². The van der Waals surface area contributed by atoms with Gasteiger partial charge in [-0.15, -0.1) is 11.3 Å². The maximum atomic E-state index is 5.11. The Balaban J connectivity index is 1.16. The molecule has 0 N–H and O–H groups in total. The Morgan fingerprint density at radius 3 is 1.84 bits per heavy atom. The number of benzene rings is 6. The lowest BCUT2D eigenvalue weighted by Gasteiger charge is -2.32. The summed E-state index contributed by atoms with van der Waals surface area (Å²) in [5.41, 5.74) is 14.9. The van der Waals surface area contributed by atoms with Crippen LogP contribution in [-0.2, 0) is 5.41 Å². The van der Waals surface area contributed by atoms with Crippen LogP contribution in [0.1, 0.15) is 24.3 Å². The zero-order valence-electron chi connectivity index (χ0n) is 28.3. The minimum absolute atomic E-state index is 0.108. The fourth-order valence-electron chi connectivity index (χ4n) is 7.85. The average molecular weight is 672 g/mol. The highest BCUT2D eigenvalue weighted by atomic mass is 32.1. The van der Waals surface area contributed by atoms with E-state index in [1.54, 1.807) is 0 Å². The summed E-state index contributed by atoms with van der Waals surface area (Å²) in [6.07, 6.45) is 0. The molecule has 0 unspecified atom stereocenters. The molecule has 0 fully saturated rings. The average Bonchev–Trinajstić information content (AvgIpc) is 3.82. The quantitative estimate of drug-likeness (QED) is 0.182. The van der Waals surface area contributed by atoms with Crippen molar-refractivity contribution in [2.75, 3.05) is 0 Å². The highest BCUT2D eigenvalue weighted by Gasteiger charge is 2.36. The molecule has 0 bridgehead atoms. The van der Waals surface area contributed by atoms with E-state index in [2.05, 4.69) is 157 Å². The van der Waals surface area contributed by atoms with Crippen molar-refractivity contribution >= 4 is 33.1 Å². The summed E-state index contributed by atoms with van der Waals surface area (Å²) in [6.45, 7) is 4.76. The van der Waals surface area contributed by atoms with Crippen molar-refractivity contribution in [3.05, 3.63) is 174 Å². The topological polar surface area (TPSA) is 30.7 Å². The first-order chi connectivity index (χ1) is 25.0. The zero-order chi connectivity index (χ0) is 34.1. The van der Waals surface area contributed by atoms with Crippen molar-refractivity contribution in [3.8, 4) is 61.8 Å². The van der Waals surface area contributed by atoms with Crippen LogP contribution in [0, 0.1) is 0 Å². The first-order valence-corrected chi connectivity index (χ1v) is 18.3. The molecule has 4 heterocycles. The molecule has 9 aromatic rings. The van der Waals surface area contributed by atoms with E-state index in [9.17, 15) is 0 Å². The fourth-order valence-corrected chi connectivity index (χ4v) is 8.86. The van der Waals surface area contributed by atoms with E-state index in [1.807, 2.05) is 35.6 Å². The molecule has 0 aliphatic carbocycles. The van der Waals surface area contributed by atoms with Gasteiger partial charge < -0.3 is 4.57 Å². The second kappa shape index (κ2) is 11.5. The van der Waals surface area contributed by atoms with Gasteiger partial charge >= 0.3 is 0 Å². The van der Waals surface area contributed by atoms with Crippen LogP contribution in [0.3, 0.4) is 0 Å². The van der Waals surface area contributed by atoms with Crippen molar-refractivity contribution in [1.29, 1.82) is 0 Å². The van der Waals surface area contributed by atoms with E-state index in [-0.39, 0.29) is 5.41 Å². The SMILES string of the molecule is CC1(C)c2sccc2-n2c3ccc(-c4cccc(-c5cc(-c6ccccc6)nc(-c6ccccc6)n5)c4)cc3c3cc(-c4ccccc4)cc1c32. The van der Waals surface area contributed by atoms with Gasteiger partial charge in [0.05, 0.1) is 28.1 Å². The highest BCUT2D eigenvalue weighted by Crippen LogP contribution is 2.51. The highest BCUT2D eigenvalue weighted by molar-refractivity contribution is 7.10. The predicted octanol–water partition coefficient (Wildman–Crippen LogP) is 12.6. The van der Waals surface area contributed by atoms with E-state index in [0.717, 1.165) is 39.5 Å². The van der Waals surface area contributed by atoms with Gasteiger partial charge in [0.15, 0.2) is 5.82 Å². The second-order valence-corrected chi connectivity index (χ2v) is 14.8. The molecule has 6 aromatic carbocycles. The Kier molecular flexibility index (Phi) is 6.70. The number of thiophene rings is 1. The van der Waals surface area contributed by atoms with E-state index in [1.165, 1.54) is 54.6 Å². The first kappa shape index (κ1) is 29.8. The van der Waals surface area contributed by atoms with Crippen LogP contribution >= 0.6 is 11.3 Å². The maximum absolute atomic E-state index is 5.11. The summed E-state index contributed by atoms with van der Waals surface area (Å²) in [6, 6.07) is 56.4. The van der Waals surface area contributed by atoms with Crippen LogP contribution in [0.25, 0.3) is 83.6 Å². The molecule has 3 nitrogen and oxygen atoms in total. The lowest BCUT2D eigenvalue weighted by molar-refractivity contribution is 0.646. The number of aromatic nitrogens is 3. The van der Waals surface area contributed by atoms with Gasteiger partial charge in [0.2, 0.25) is 0 Å². The van der Waals surface area contributed by atoms with Crippen LogP contribution in [0.2, 0.25) is 0 Å². The molecule has 1 aliphatic heterocycles. The van der Waals surface area contributed by atoms with Crippen LogP contribution in [0.5, 0.6) is 0 Å². The third kappa shape index (κ3) is 4.79. The molecule has 0 amide bonds.